The Morgan fingerprint density at radius 3 is 2.06 bits per heavy atom. The van der Waals surface area contributed by atoms with Gasteiger partial charge in [-0.25, -0.2) is 5.43 Å². The number of ether oxygens (including phenoxy) is 1. The monoisotopic (exact) mass is 474 g/mol. The van der Waals surface area contributed by atoms with Crippen LogP contribution in [0.1, 0.15) is 16.7 Å². The first-order valence-corrected chi connectivity index (χ1v) is 10.6. The zero-order valence-corrected chi connectivity index (χ0v) is 18.7. The predicted molar refractivity (Wildman–Crippen MR) is 131 cm³/mol. The van der Waals surface area contributed by atoms with E-state index in [2.05, 4.69) is 26.5 Å². The summed E-state index contributed by atoms with van der Waals surface area (Å²) >= 11 is 3.44. The number of rotatable bonds is 8. The number of halogens is 1. The molecule has 0 bridgehead atoms. The van der Waals surface area contributed by atoms with Crippen LogP contribution in [0.15, 0.2) is 101 Å². The van der Waals surface area contributed by atoms with Crippen LogP contribution in [0, 0.1) is 6.92 Å². The van der Waals surface area contributed by atoms with Crippen molar-refractivity contribution < 1.29 is 9.53 Å². The van der Waals surface area contributed by atoms with Crippen molar-refractivity contribution in [1.82, 2.24) is 5.43 Å². The Balaban J connectivity index is 1.67. The van der Waals surface area contributed by atoms with Crippen molar-refractivity contribution >= 4 is 39.7 Å². The van der Waals surface area contributed by atoms with Gasteiger partial charge in [-0.1, -0.05) is 78.9 Å². The quantitative estimate of drug-likeness (QED) is 0.319. The number of aryl methyl sites for hydroxylation is 1. The lowest BCUT2D eigenvalue weighted by molar-refractivity contribution is -0.123. The summed E-state index contributed by atoms with van der Waals surface area (Å²) in [5.41, 5.74) is 6.36. The van der Waals surface area contributed by atoms with Crippen molar-refractivity contribution in [2.45, 2.75) is 6.92 Å². The molecule has 5 heteroatoms. The fraction of sp³-hybridized carbons (Fsp3) is 0.0769. The van der Waals surface area contributed by atoms with E-state index < -0.39 is 0 Å². The molecule has 0 aliphatic heterocycles. The summed E-state index contributed by atoms with van der Waals surface area (Å²) in [5.74, 6) is 0.268. The van der Waals surface area contributed by atoms with Gasteiger partial charge in [-0.3, -0.25) is 4.79 Å². The van der Waals surface area contributed by atoms with Crippen molar-refractivity contribution in [3.63, 3.8) is 0 Å². The molecule has 31 heavy (non-hydrogen) atoms. The molecule has 3 aromatic rings. The summed E-state index contributed by atoms with van der Waals surface area (Å²) in [4.78, 5) is 12.2. The number of hydrogen-bond acceptors (Lipinski definition) is 3. The molecule has 0 spiro atoms. The molecule has 3 rings (SSSR count). The topological polar surface area (TPSA) is 50.7 Å². The standard InChI is InChI=1S/C26H23BrN2O2/c1-20-12-17-25(24(27)18-20)31-19-26(30)29-28-23(15-13-21-8-4-2-5-9-21)16-14-22-10-6-3-7-11-22/h2-18H,19H2,1H3,(H,29,30). The van der Waals surface area contributed by atoms with E-state index in [-0.39, 0.29) is 12.5 Å². The first-order valence-electron chi connectivity index (χ1n) is 9.82. The molecule has 0 heterocycles. The van der Waals surface area contributed by atoms with Gasteiger partial charge in [0.15, 0.2) is 6.61 Å². The predicted octanol–water partition coefficient (Wildman–Crippen LogP) is 6.04. The van der Waals surface area contributed by atoms with Crippen molar-refractivity contribution in [3.8, 4) is 5.75 Å². The van der Waals surface area contributed by atoms with Crippen LogP contribution in [-0.2, 0) is 4.79 Å². The summed E-state index contributed by atoms with van der Waals surface area (Å²) in [6.45, 7) is 1.85. The first-order chi connectivity index (χ1) is 15.1. The minimum atomic E-state index is -0.341. The van der Waals surface area contributed by atoms with E-state index in [4.69, 9.17) is 4.74 Å². The van der Waals surface area contributed by atoms with Crippen LogP contribution in [-0.4, -0.2) is 18.2 Å². The highest BCUT2D eigenvalue weighted by Crippen LogP contribution is 2.25. The van der Waals surface area contributed by atoms with E-state index >= 15 is 0 Å². The molecule has 3 aromatic carbocycles. The molecule has 1 N–H and O–H groups in total. The minimum Gasteiger partial charge on any atom is -0.483 e. The highest BCUT2D eigenvalue weighted by molar-refractivity contribution is 9.10. The Kier molecular flexibility index (Phi) is 8.38. The molecule has 0 unspecified atom stereocenters. The normalized spacial score (nSPS) is 10.9. The molecular formula is C26H23BrN2O2. The second-order valence-corrected chi connectivity index (χ2v) is 7.64. The maximum absolute atomic E-state index is 12.2. The second kappa shape index (κ2) is 11.7. The van der Waals surface area contributed by atoms with Crippen LogP contribution in [0.2, 0.25) is 0 Å². The summed E-state index contributed by atoms with van der Waals surface area (Å²) < 4.78 is 6.39. The highest BCUT2D eigenvalue weighted by atomic mass is 79.9. The molecule has 0 aromatic heterocycles. The minimum absolute atomic E-state index is 0.136. The van der Waals surface area contributed by atoms with Crippen molar-refractivity contribution in [2.24, 2.45) is 5.10 Å². The van der Waals surface area contributed by atoms with Crippen LogP contribution in [0.4, 0.5) is 0 Å². The van der Waals surface area contributed by atoms with Gasteiger partial charge < -0.3 is 4.74 Å². The maximum Gasteiger partial charge on any atom is 0.277 e. The second-order valence-electron chi connectivity index (χ2n) is 6.78. The molecule has 156 valence electrons. The van der Waals surface area contributed by atoms with E-state index in [1.165, 1.54) is 0 Å². The Bertz CT molecular complexity index is 1040. The zero-order chi connectivity index (χ0) is 21.9. The van der Waals surface area contributed by atoms with E-state index in [0.29, 0.717) is 11.5 Å². The van der Waals surface area contributed by atoms with E-state index in [1.54, 1.807) is 0 Å². The molecule has 4 nitrogen and oxygen atoms in total. The van der Waals surface area contributed by atoms with Gasteiger partial charge in [-0.2, -0.15) is 5.10 Å². The smallest absolute Gasteiger partial charge is 0.277 e. The average molecular weight is 475 g/mol. The molecular weight excluding hydrogens is 452 g/mol. The largest absolute Gasteiger partial charge is 0.483 e. The highest BCUT2D eigenvalue weighted by Gasteiger charge is 2.05. The molecule has 0 aliphatic carbocycles. The van der Waals surface area contributed by atoms with Gasteiger partial charge in [0, 0.05) is 0 Å². The summed E-state index contributed by atoms with van der Waals surface area (Å²) in [6, 6.07) is 25.5. The van der Waals surface area contributed by atoms with Crippen LogP contribution >= 0.6 is 15.9 Å². The third-order valence-electron chi connectivity index (χ3n) is 4.25. The van der Waals surface area contributed by atoms with Gasteiger partial charge in [0.05, 0.1) is 10.2 Å². The Morgan fingerprint density at radius 1 is 0.935 bits per heavy atom. The van der Waals surface area contributed by atoms with E-state index in [9.17, 15) is 4.79 Å². The third kappa shape index (κ3) is 7.72. The average Bonchev–Trinajstić information content (AvgIpc) is 2.79. The van der Waals surface area contributed by atoms with Crippen LogP contribution in [0.25, 0.3) is 12.2 Å². The molecule has 0 saturated heterocycles. The molecule has 0 atom stereocenters. The number of carbonyl (C=O) groups excluding carboxylic acids is 1. The SMILES string of the molecule is Cc1ccc(OCC(=O)NN=C(C=Cc2ccccc2)C=Cc2ccccc2)c(Br)c1. The summed E-state index contributed by atoms with van der Waals surface area (Å²) in [7, 11) is 0. The number of hydrogen-bond donors (Lipinski definition) is 1. The molecule has 0 aliphatic rings. The summed E-state index contributed by atoms with van der Waals surface area (Å²) in [6.07, 6.45) is 7.60. The van der Waals surface area contributed by atoms with Gasteiger partial charge in [0.1, 0.15) is 5.75 Å². The fourth-order valence-electron chi connectivity index (χ4n) is 2.65. The Labute approximate surface area is 191 Å². The third-order valence-corrected chi connectivity index (χ3v) is 4.87. The molecule has 0 fully saturated rings. The Morgan fingerprint density at radius 2 is 1.52 bits per heavy atom. The van der Waals surface area contributed by atoms with Crippen LogP contribution < -0.4 is 10.2 Å². The number of hydrazone groups is 1. The zero-order valence-electron chi connectivity index (χ0n) is 17.2. The van der Waals surface area contributed by atoms with Crippen molar-refractivity contribution in [2.75, 3.05) is 6.61 Å². The van der Waals surface area contributed by atoms with Gasteiger partial charge >= 0.3 is 0 Å². The van der Waals surface area contributed by atoms with Crippen molar-refractivity contribution in [3.05, 3.63) is 112 Å². The van der Waals surface area contributed by atoms with E-state index in [1.807, 2.05) is 110 Å². The van der Waals surface area contributed by atoms with Gasteiger partial charge in [-0.15, -0.1) is 0 Å². The van der Waals surface area contributed by atoms with Gasteiger partial charge in [-0.05, 0) is 63.8 Å². The van der Waals surface area contributed by atoms with Crippen LogP contribution in [0.5, 0.6) is 5.75 Å². The number of nitrogens with zero attached hydrogens (tertiary/aromatic N) is 1. The Hall–Kier alpha value is -3.44. The number of nitrogens with one attached hydrogen (secondary N) is 1. The van der Waals surface area contributed by atoms with Crippen molar-refractivity contribution in [1.29, 1.82) is 0 Å². The lowest BCUT2D eigenvalue weighted by atomic mass is 10.1. The van der Waals surface area contributed by atoms with E-state index in [0.717, 1.165) is 21.2 Å². The van der Waals surface area contributed by atoms with Gasteiger partial charge in [0.2, 0.25) is 0 Å². The lowest BCUT2D eigenvalue weighted by Gasteiger charge is -2.08. The number of carbonyl (C=O) groups is 1. The molecule has 0 saturated carbocycles. The molecule has 1 amide bonds. The number of benzene rings is 3. The first kappa shape index (κ1) is 22.2. The summed E-state index contributed by atoms with van der Waals surface area (Å²) in [5, 5.41) is 4.25. The number of amides is 1. The maximum atomic E-state index is 12.2. The van der Waals surface area contributed by atoms with Crippen LogP contribution in [0.3, 0.4) is 0 Å². The number of allylic oxidation sites excluding steroid dienone is 2. The van der Waals surface area contributed by atoms with Gasteiger partial charge in [0.25, 0.3) is 5.91 Å². The fourth-order valence-corrected chi connectivity index (χ4v) is 3.25. The molecule has 0 radical (unpaired) electrons. The lowest BCUT2D eigenvalue weighted by Crippen LogP contribution is -2.25.